The highest BCUT2D eigenvalue weighted by Crippen LogP contribution is 2.26. The molecule has 0 aliphatic heterocycles. The van der Waals surface area contributed by atoms with Gasteiger partial charge in [-0.25, -0.2) is 0 Å². The Morgan fingerprint density at radius 2 is 1.90 bits per heavy atom. The van der Waals surface area contributed by atoms with Crippen molar-refractivity contribution in [2.45, 2.75) is 32.7 Å². The molecule has 0 saturated heterocycles. The number of hydrogen-bond acceptors (Lipinski definition) is 2. The topological polar surface area (TPSA) is 21.3 Å². The summed E-state index contributed by atoms with van der Waals surface area (Å²) in [5.74, 6) is 0.922. The molecule has 112 valence electrons. The molecular weight excluding hydrogens is 326 g/mol. The van der Waals surface area contributed by atoms with E-state index in [-0.39, 0.29) is 0 Å². The average Bonchev–Trinajstić information content (AvgIpc) is 2.51. The minimum absolute atomic E-state index is 0.295. The molecule has 0 aliphatic carbocycles. The summed E-state index contributed by atoms with van der Waals surface area (Å²) >= 11 is 3.54. The number of benzene rings is 2. The van der Waals surface area contributed by atoms with E-state index in [1.807, 2.05) is 12.1 Å². The third-order valence-electron chi connectivity index (χ3n) is 3.31. The SMILES string of the molecule is CCCOc1cccc(NC(CC)c2cccc(Br)c2)c1. The Labute approximate surface area is 135 Å². The molecule has 0 saturated carbocycles. The first-order chi connectivity index (χ1) is 10.2. The zero-order valence-electron chi connectivity index (χ0n) is 12.6. The fourth-order valence-electron chi connectivity index (χ4n) is 2.24. The number of rotatable bonds is 7. The lowest BCUT2D eigenvalue weighted by Gasteiger charge is -2.19. The molecule has 0 spiro atoms. The van der Waals surface area contributed by atoms with Crippen LogP contribution >= 0.6 is 15.9 Å². The van der Waals surface area contributed by atoms with Gasteiger partial charge >= 0.3 is 0 Å². The lowest BCUT2D eigenvalue weighted by molar-refractivity contribution is 0.317. The summed E-state index contributed by atoms with van der Waals surface area (Å²) < 4.78 is 6.80. The van der Waals surface area contributed by atoms with E-state index in [1.165, 1.54) is 5.56 Å². The second-order valence-corrected chi connectivity index (χ2v) is 5.95. The molecule has 2 aromatic rings. The van der Waals surface area contributed by atoms with Gasteiger partial charge < -0.3 is 10.1 Å². The first-order valence-electron chi connectivity index (χ1n) is 7.47. The number of ether oxygens (including phenoxy) is 1. The summed E-state index contributed by atoms with van der Waals surface area (Å²) in [6.45, 7) is 5.06. The van der Waals surface area contributed by atoms with E-state index >= 15 is 0 Å². The van der Waals surface area contributed by atoms with Crippen molar-refractivity contribution in [2.24, 2.45) is 0 Å². The van der Waals surface area contributed by atoms with Gasteiger partial charge in [-0.15, -0.1) is 0 Å². The summed E-state index contributed by atoms with van der Waals surface area (Å²) in [7, 11) is 0. The van der Waals surface area contributed by atoms with E-state index in [9.17, 15) is 0 Å². The van der Waals surface area contributed by atoms with E-state index in [4.69, 9.17) is 4.74 Å². The lowest BCUT2D eigenvalue weighted by atomic mass is 10.0. The van der Waals surface area contributed by atoms with Gasteiger partial charge in [0.15, 0.2) is 0 Å². The molecule has 0 aliphatic rings. The molecule has 1 unspecified atom stereocenters. The molecule has 0 bridgehead atoms. The molecule has 0 heterocycles. The zero-order chi connectivity index (χ0) is 15.1. The molecular formula is C18H22BrNO. The quantitative estimate of drug-likeness (QED) is 0.683. The van der Waals surface area contributed by atoms with Crippen molar-refractivity contribution in [1.29, 1.82) is 0 Å². The number of halogens is 1. The monoisotopic (exact) mass is 347 g/mol. The number of nitrogens with one attached hydrogen (secondary N) is 1. The van der Waals surface area contributed by atoms with Gasteiger partial charge in [-0.2, -0.15) is 0 Å². The maximum atomic E-state index is 5.69. The van der Waals surface area contributed by atoms with E-state index in [2.05, 4.69) is 71.5 Å². The molecule has 0 radical (unpaired) electrons. The van der Waals surface area contributed by atoms with E-state index in [0.717, 1.165) is 35.4 Å². The van der Waals surface area contributed by atoms with Gasteiger partial charge in [0.25, 0.3) is 0 Å². The van der Waals surface area contributed by atoms with Crippen molar-refractivity contribution in [3.8, 4) is 5.75 Å². The van der Waals surface area contributed by atoms with Gasteiger partial charge in [-0.05, 0) is 42.7 Å². The Bertz CT molecular complexity index is 571. The smallest absolute Gasteiger partial charge is 0.121 e. The van der Waals surface area contributed by atoms with Gasteiger partial charge in [-0.3, -0.25) is 0 Å². The highest BCUT2D eigenvalue weighted by Gasteiger charge is 2.09. The first kappa shape index (κ1) is 15.9. The highest BCUT2D eigenvalue weighted by molar-refractivity contribution is 9.10. The molecule has 2 aromatic carbocycles. The highest BCUT2D eigenvalue weighted by atomic mass is 79.9. The molecule has 2 rings (SSSR count). The molecule has 0 fully saturated rings. The molecule has 0 aromatic heterocycles. The van der Waals surface area contributed by atoms with E-state index in [1.54, 1.807) is 0 Å². The molecule has 2 nitrogen and oxygen atoms in total. The molecule has 1 atom stereocenters. The predicted molar refractivity (Wildman–Crippen MR) is 93.0 cm³/mol. The maximum Gasteiger partial charge on any atom is 0.121 e. The van der Waals surface area contributed by atoms with Crippen molar-refractivity contribution in [1.82, 2.24) is 0 Å². The molecule has 1 N–H and O–H groups in total. The van der Waals surface area contributed by atoms with Crippen LogP contribution in [0.2, 0.25) is 0 Å². The molecule has 0 amide bonds. The minimum atomic E-state index is 0.295. The fourth-order valence-corrected chi connectivity index (χ4v) is 2.66. The maximum absolute atomic E-state index is 5.69. The molecule has 21 heavy (non-hydrogen) atoms. The Kier molecular flexibility index (Phi) is 6.12. The summed E-state index contributed by atoms with van der Waals surface area (Å²) in [5.41, 5.74) is 2.38. The van der Waals surface area contributed by atoms with E-state index in [0.29, 0.717) is 6.04 Å². The van der Waals surface area contributed by atoms with Crippen LogP contribution in [0.4, 0.5) is 5.69 Å². The van der Waals surface area contributed by atoms with Crippen LogP contribution in [0.15, 0.2) is 53.0 Å². The summed E-state index contributed by atoms with van der Waals surface area (Å²) in [6, 6.07) is 16.9. The Morgan fingerprint density at radius 3 is 2.62 bits per heavy atom. The van der Waals surface area contributed by atoms with Gasteiger partial charge in [0, 0.05) is 16.2 Å². The van der Waals surface area contributed by atoms with Gasteiger partial charge in [0.05, 0.1) is 12.6 Å². The van der Waals surface area contributed by atoms with E-state index < -0.39 is 0 Å². The summed E-state index contributed by atoms with van der Waals surface area (Å²) in [6.07, 6.45) is 2.05. The van der Waals surface area contributed by atoms with Crippen LogP contribution in [0.1, 0.15) is 38.3 Å². The van der Waals surface area contributed by atoms with Crippen LogP contribution in [0.3, 0.4) is 0 Å². The third kappa shape index (κ3) is 4.78. The Balaban J connectivity index is 2.11. The largest absolute Gasteiger partial charge is 0.494 e. The normalized spacial score (nSPS) is 12.0. The van der Waals surface area contributed by atoms with Crippen molar-refractivity contribution in [3.05, 3.63) is 58.6 Å². The fraction of sp³-hybridized carbons (Fsp3) is 0.333. The van der Waals surface area contributed by atoms with Gasteiger partial charge in [0.2, 0.25) is 0 Å². The van der Waals surface area contributed by atoms with Crippen LogP contribution in [-0.2, 0) is 0 Å². The van der Waals surface area contributed by atoms with Crippen molar-refractivity contribution in [3.63, 3.8) is 0 Å². The van der Waals surface area contributed by atoms with Crippen LogP contribution < -0.4 is 10.1 Å². The zero-order valence-corrected chi connectivity index (χ0v) is 14.2. The number of hydrogen-bond donors (Lipinski definition) is 1. The van der Waals surface area contributed by atoms with Crippen LogP contribution in [0, 0.1) is 0 Å². The van der Waals surface area contributed by atoms with Crippen molar-refractivity contribution >= 4 is 21.6 Å². The third-order valence-corrected chi connectivity index (χ3v) is 3.80. The predicted octanol–water partition coefficient (Wildman–Crippen LogP) is 5.80. The average molecular weight is 348 g/mol. The molecule has 3 heteroatoms. The first-order valence-corrected chi connectivity index (χ1v) is 8.27. The minimum Gasteiger partial charge on any atom is -0.494 e. The van der Waals surface area contributed by atoms with Crippen LogP contribution in [-0.4, -0.2) is 6.61 Å². The van der Waals surface area contributed by atoms with Gasteiger partial charge in [0.1, 0.15) is 5.75 Å². The second kappa shape index (κ2) is 8.08. The van der Waals surface area contributed by atoms with Gasteiger partial charge in [-0.1, -0.05) is 48.0 Å². The van der Waals surface area contributed by atoms with Crippen molar-refractivity contribution < 1.29 is 4.74 Å². The Morgan fingerprint density at radius 1 is 1.10 bits per heavy atom. The second-order valence-electron chi connectivity index (χ2n) is 5.04. The summed E-state index contributed by atoms with van der Waals surface area (Å²) in [4.78, 5) is 0. The lowest BCUT2D eigenvalue weighted by Crippen LogP contribution is -2.09. The summed E-state index contributed by atoms with van der Waals surface area (Å²) in [5, 5.41) is 3.59. The van der Waals surface area contributed by atoms with Crippen LogP contribution in [0.5, 0.6) is 5.75 Å². The standard InChI is InChI=1S/C18H22BrNO/c1-3-11-21-17-10-6-9-16(13-17)20-18(4-2)14-7-5-8-15(19)12-14/h5-10,12-13,18,20H,3-4,11H2,1-2H3. The Hall–Kier alpha value is -1.48. The number of anilines is 1. The van der Waals surface area contributed by atoms with Crippen molar-refractivity contribution in [2.75, 3.05) is 11.9 Å². The van der Waals surface area contributed by atoms with Crippen LogP contribution in [0.25, 0.3) is 0 Å².